The predicted octanol–water partition coefficient (Wildman–Crippen LogP) is 4.73. The summed E-state index contributed by atoms with van der Waals surface area (Å²) in [4.78, 5) is 27.8. The van der Waals surface area contributed by atoms with Crippen LogP contribution in [0.4, 0.5) is 0 Å². The molecule has 0 aliphatic heterocycles. The van der Waals surface area contributed by atoms with Crippen LogP contribution in [-0.2, 0) is 4.74 Å². The van der Waals surface area contributed by atoms with Crippen molar-refractivity contribution < 1.29 is 13.9 Å². The summed E-state index contributed by atoms with van der Waals surface area (Å²) in [6.45, 7) is 5.86. The van der Waals surface area contributed by atoms with Gasteiger partial charge in [-0.3, -0.25) is 0 Å². The summed E-state index contributed by atoms with van der Waals surface area (Å²) < 4.78 is 10.7. The molecule has 0 amide bonds. The van der Waals surface area contributed by atoms with E-state index in [0.29, 0.717) is 11.3 Å². The first kappa shape index (κ1) is 17.1. The summed E-state index contributed by atoms with van der Waals surface area (Å²) in [6, 6.07) is 13.0. The molecule has 0 saturated carbocycles. The Bertz CT molecular complexity index is 1230. The van der Waals surface area contributed by atoms with Crippen molar-refractivity contribution in [3.8, 4) is 11.1 Å². The van der Waals surface area contributed by atoms with Crippen LogP contribution in [0.5, 0.6) is 0 Å². The van der Waals surface area contributed by atoms with Crippen LogP contribution >= 0.6 is 0 Å². The van der Waals surface area contributed by atoms with Gasteiger partial charge in [-0.05, 0) is 43.5 Å². The van der Waals surface area contributed by atoms with E-state index < -0.39 is 5.97 Å². The normalized spacial score (nSPS) is 11.2. The number of hydrogen-bond acceptors (Lipinski definition) is 4. The summed E-state index contributed by atoms with van der Waals surface area (Å²) in [5.74, 6) is -0.407. The average molecular weight is 361 g/mol. The molecule has 0 aliphatic rings. The Morgan fingerprint density at radius 1 is 1.07 bits per heavy atom. The van der Waals surface area contributed by atoms with Gasteiger partial charge in [0.25, 0.3) is 0 Å². The maximum atomic E-state index is 12.7. The number of nitrogens with one attached hydrogen (secondary N) is 1. The third-order valence-electron chi connectivity index (χ3n) is 4.72. The van der Waals surface area contributed by atoms with Crippen LogP contribution in [-0.4, -0.2) is 17.6 Å². The van der Waals surface area contributed by atoms with Crippen LogP contribution in [0.2, 0.25) is 0 Å². The van der Waals surface area contributed by atoms with Crippen LogP contribution in [0.15, 0.2) is 51.7 Å². The average Bonchev–Trinajstić information content (AvgIpc) is 3.03. The molecule has 27 heavy (non-hydrogen) atoms. The standard InChI is InChI=1S/C22H19NO4/c1-4-26-22(25)21-18(14-8-6-5-7-9-14)19-17-12(2)11-16(24)27-15(17)10-13(3)20(19)23-21/h5-11,23H,4H2,1-3H3. The van der Waals surface area contributed by atoms with Gasteiger partial charge in [-0.15, -0.1) is 0 Å². The van der Waals surface area contributed by atoms with E-state index in [-0.39, 0.29) is 12.2 Å². The van der Waals surface area contributed by atoms with Crippen molar-refractivity contribution in [2.45, 2.75) is 20.8 Å². The van der Waals surface area contributed by atoms with Crippen LogP contribution in [0.25, 0.3) is 33.0 Å². The van der Waals surface area contributed by atoms with Crippen molar-refractivity contribution in [1.82, 2.24) is 4.98 Å². The zero-order valence-electron chi connectivity index (χ0n) is 15.4. The third-order valence-corrected chi connectivity index (χ3v) is 4.72. The number of fused-ring (bicyclic) bond motifs is 3. The molecule has 2 heterocycles. The van der Waals surface area contributed by atoms with Crippen LogP contribution in [0.3, 0.4) is 0 Å². The molecule has 0 atom stereocenters. The summed E-state index contributed by atoms with van der Waals surface area (Å²) in [5, 5.41) is 1.68. The maximum absolute atomic E-state index is 12.7. The molecule has 0 radical (unpaired) electrons. The van der Waals surface area contributed by atoms with Crippen molar-refractivity contribution in [2.75, 3.05) is 6.61 Å². The zero-order valence-corrected chi connectivity index (χ0v) is 15.4. The molecule has 0 fully saturated rings. The van der Waals surface area contributed by atoms with Gasteiger partial charge in [-0.1, -0.05) is 30.3 Å². The lowest BCUT2D eigenvalue weighted by Gasteiger charge is -2.08. The molecule has 5 nitrogen and oxygen atoms in total. The number of H-pyrrole nitrogens is 1. The molecule has 0 bridgehead atoms. The van der Waals surface area contributed by atoms with E-state index in [1.165, 1.54) is 6.07 Å². The van der Waals surface area contributed by atoms with Gasteiger partial charge >= 0.3 is 11.6 Å². The van der Waals surface area contributed by atoms with E-state index >= 15 is 0 Å². The van der Waals surface area contributed by atoms with Gasteiger partial charge in [-0.25, -0.2) is 9.59 Å². The lowest BCUT2D eigenvalue weighted by atomic mass is 9.96. The number of esters is 1. The highest BCUT2D eigenvalue weighted by Gasteiger charge is 2.24. The summed E-state index contributed by atoms with van der Waals surface area (Å²) in [5.41, 5.74) is 4.70. The van der Waals surface area contributed by atoms with Gasteiger partial charge < -0.3 is 14.1 Å². The van der Waals surface area contributed by atoms with E-state index in [0.717, 1.165) is 38.5 Å². The Morgan fingerprint density at radius 2 is 1.81 bits per heavy atom. The fraction of sp³-hybridized carbons (Fsp3) is 0.182. The lowest BCUT2D eigenvalue weighted by molar-refractivity contribution is 0.0521. The summed E-state index contributed by atoms with van der Waals surface area (Å²) in [6.07, 6.45) is 0. The Kier molecular flexibility index (Phi) is 4.07. The van der Waals surface area contributed by atoms with E-state index in [1.807, 2.05) is 50.2 Å². The molecule has 0 saturated heterocycles. The fourth-order valence-electron chi connectivity index (χ4n) is 3.62. The van der Waals surface area contributed by atoms with Gasteiger partial charge in [0.1, 0.15) is 11.3 Å². The van der Waals surface area contributed by atoms with Crippen molar-refractivity contribution in [2.24, 2.45) is 0 Å². The molecule has 4 rings (SSSR count). The molecular weight excluding hydrogens is 342 g/mol. The number of benzene rings is 2. The number of carbonyl (C=O) groups is 1. The smallest absolute Gasteiger partial charge is 0.355 e. The van der Waals surface area contributed by atoms with Crippen LogP contribution < -0.4 is 5.63 Å². The molecular formula is C22H19NO4. The van der Waals surface area contributed by atoms with E-state index in [2.05, 4.69) is 4.98 Å². The number of aromatic nitrogens is 1. The van der Waals surface area contributed by atoms with Gasteiger partial charge in [0.15, 0.2) is 0 Å². The lowest BCUT2D eigenvalue weighted by Crippen LogP contribution is -2.06. The Hall–Kier alpha value is -3.34. The Morgan fingerprint density at radius 3 is 2.52 bits per heavy atom. The van der Waals surface area contributed by atoms with Crippen LogP contribution in [0.1, 0.15) is 28.5 Å². The SMILES string of the molecule is CCOC(=O)c1[nH]c2c(C)cc3oc(=O)cc(C)c3c2c1-c1ccccc1. The predicted molar refractivity (Wildman–Crippen MR) is 105 cm³/mol. The summed E-state index contributed by atoms with van der Waals surface area (Å²) >= 11 is 0. The molecule has 5 heteroatoms. The first-order valence-electron chi connectivity index (χ1n) is 8.83. The van der Waals surface area contributed by atoms with E-state index in [1.54, 1.807) is 6.92 Å². The van der Waals surface area contributed by atoms with E-state index in [4.69, 9.17) is 9.15 Å². The number of aryl methyl sites for hydroxylation is 2. The van der Waals surface area contributed by atoms with Crippen molar-refractivity contribution in [3.63, 3.8) is 0 Å². The number of rotatable bonds is 3. The number of carbonyl (C=O) groups excluding carboxylic acids is 1. The third kappa shape index (κ3) is 2.72. The first-order chi connectivity index (χ1) is 13.0. The molecule has 4 aromatic rings. The quantitative estimate of drug-likeness (QED) is 0.423. The Balaban J connectivity index is 2.23. The summed E-state index contributed by atoms with van der Waals surface area (Å²) in [7, 11) is 0. The van der Waals surface area contributed by atoms with Gasteiger partial charge in [-0.2, -0.15) is 0 Å². The van der Waals surface area contributed by atoms with E-state index in [9.17, 15) is 9.59 Å². The highest BCUT2D eigenvalue weighted by molar-refractivity contribution is 6.19. The zero-order chi connectivity index (χ0) is 19.1. The maximum Gasteiger partial charge on any atom is 0.355 e. The molecule has 0 aliphatic carbocycles. The fourth-order valence-corrected chi connectivity index (χ4v) is 3.62. The van der Waals surface area contributed by atoms with Gasteiger partial charge in [0.05, 0.1) is 12.1 Å². The second-order valence-electron chi connectivity index (χ2n) is 6.53. The highest BCUT2D eigenvalue weighted by Crippen LogP contribution is 2.39. The van der Waals surface area contributed by atoms with Crippen molar-refractivity contribution in [1.29, 1.82) is 0 Å². The van der Waals surface area contributed by atoms with Gasteiger partial charge in [0.2, 0.25) is 0 Å². The minimum Gasteiger partial charge on any atom is -0.461 e. The monoisotopic (exact) mass is 361 g/mol. The minimum absolute atomic E-state index is 0.288. The topological polar surface area (TPSA) is 72.3 Å². The highest BCUT2D eigenvalue weighted by atomic mass is 16.5. The molecule has 0 unspecified atom stereocenters. The second-order valence-corrected chi connectivity index (χ2v) is 6.53. The number of ether oxygens (including phenoxy) is 1. The van der Waals surface area contributed by atoms with Gasteiger partial charge in [0, 0.05) is 22.4 Å². The van der Waals surface area contributed by atoms with Crippen molar-refractivity contribution in [3.05, 3.63) is 69.7 Å². The minimum atomic E-state index is -0.407. The number of aromatic amines is 1. The first-order valence-corrected chi connectivity index (χ1v) is 8.83. The second kappa shape index (κ2) is 6.43. The van der Waals surface area contributed by atoms with Crippen molar-refractivity contribution >= 4 is 27.8 Å². The number of hydrogen-bond donors (Lipinski definition) is 1. The molecule has 1 N–H and O–H groups in total. The largest absolute Gasteiger partial charge is 0.461 e. The molecule has 2 aromatic heterocycles. The molecule has 136 valence electrons. The molecule has 2 aromatic carbocycles. The van der Waals surface area contributed by atoms with Crippen LogP contribution in [0, 0.1) is 13.8 Å². The Labute approximate surface area is 155 Å². The molecule has 0 spiro atoms.